The number of rotatable bonds is 3. The number of nitrogens with zero attached hydrogens (tertiary/aromatic N) is 1. The number of benzene rings is 2. The van der Waals surface area contributed by atoms with E-state index in [1.165, 1.54) is 4.90 Å². The molecule has 1 saturated heterocycles. The highest BCUT2D eigenvalue weighted by Crippen LogP contribution is 2.65. The zero-order valence-corrected chi connectivity index (χ0v) is 19.6. The van der Waals surface area contributed by atoms with E-state index in [1.807, 2.05) is 13.0 Å². The number of carbonyl (C=O) groups excluding carboxylic acids is 3. The molecule has 0 radical (unpaired) electrons. The summed E-state index contributed by atoms with van der Waals surface area (Å²) < 4.78 is 0.755. The van der Waals surface area contributed by atoms with Crippen molar-refractivity contribution in [3.8, 4) is 0 Å². The molecule has 0 spiro atoms. The average Bonchev–Trinajstić information content (AvgIpc) is 3.55. The van der Waals surface area contributed by atoms with Crippen LogP contribution in [0, 0.1) is 42.4 Å². The van der Waals surface area contributed by atoms with Gasteiger partial charge in [-0.05, 0) is 88.8 Å². The van der Waals surface area contributed by atoms with Crippen LogP contribution in [0.15, 0.2) is 53.0 Å². The van der Waals surface area contributed by atoms with Gasteiger partial charge in [-0.2, -0.15) is 0 Å². The zero-order valence-electron chi connectivity index (χ0n) is 17.2. The van der Waals surface area contributed by atoms with Crippen molar-refractivity contribution in [2.45, 2.75) is 13.3 Å². The van der Waals surface area contributed by atoms with Gasteiger partial charge in [0.2, 0.25) is 11.8 Å². The summed E-state index contributed by atoms with van der Waals surface area (Å²) in [5.74, 6) is 0.365. The number of nitrogens with one attached hydrogen (secondary N) is 1. The van der Waals surface area contributed by atoms with Gasteiger partial charge < -0.3 is 5.32 Å². The fraction of sp³-hybridized carbons (Fsp3) is 0.320. The molecule has 32 heavy (non-hydrogen) atoms. The molecule has 2 aromatic carbocycles. The molecule has 0 unspecified atom stereocenters. The lowest BCUT2D eigenvalue weighted by molar-refractivity contribution is -0.124. The Kier molecular flexibility index (Phi) is 4.43. The largest absolute Gasteiger partial charge is 0.322 e. The number of anilines is 2. The van der Waals surface area contributed by atoms with E-state index >= 15 is 0 Å². The summed E-state index contributed by atoms with van der Waals surface area (Å²) in [5.41, 5.74) is 2.30. The number of allylic oxidation sites excluding steroid dienone is 2. The Bertz CT molecular complexity index is 1210. The maximum Gasteiger partial charge on any atom is 0.255 e. The summed E-state index contributed by atoms with van der Waals surface area (Å²) >= 11 is 9.55. The monoisotopic (exact) mass is 510 g/mol. The maximum absolute atomic E-state index is 13.3. The highest BCUT2D eigenvalue weighted by atomic mass is 79.9. The van der Waals surface area contributed by atoms with Crippen molar-refractivity contribution < 1.29 is 14.4 Å². The molecule has 7 rings (SSSR count). The van der Waals surface area contributed by atoms with Gasteiger partial charge in [0.15, 0.2) is 0 Å². The van der Waals surface area contributed by atoms with E-state index in [-0.39, 0.29) is 41.4 Å². The molecule has 1 aliphatic heterocycles. The Hall–Kier alpha value is -2.44. The Morgan fingerprint density at radius 1 is 1.06 bits per heavy atom. The van der Waals surface area contributed by atoms with Gasteiger partial charge in [-0.25, -0.2) is 4.90 Å². The molecule has 1 heterocycles. The molecule has 1 N–H and O–H groups in total. The van der Waals surface area contributed by atoms with Crippen LogP contribution in [-0.2, 0) is 9.59 Å². The fourth-order valence-electron chi connectivity index (χ4n) is 5.97. The Morgan fingerprint density at radius 2 is 1.72 bits per heavy atom. The van der Waals surface area contributed by atoms with Crippen molar-refractivity contribution in [2.24, 2.45) is 35.5 Å². The van der Waals surface area contributed by atoms with Gasteiger partial charge in [-0.1, -0.05) is 29.8 Å². The SMILES string of the molecule is Cc1cc(Br)c(Cl)cc1NC(=O)c1cccc(N2C(=O)[C@@H]3[C@H]4C=C[C@@H]([C@@H]5C[C@@H]45)[C@H]3C2=O)c1. The second kappa shape index (κ2) is 7.03. The number of hydrogen-bond acceptors (Lipinski definition) is 3. The number of halogens is 2. The van der Waals surface area contributed by atoms with E-state index < -0.39 is 0 Å². The molecular weight excluding hydrogens is 492 g/mol. The Labute approximate surface area is 198 Å². The molecule has 6 atom stereocenters. The van der Waals surface area contributed by atoms with E-state index in [1.54, 1.807) is 30.3 Å². The summed E-state index contributed by atoms with van der Waals surface area (Å²) in [7, 11) is 0. The Morgan fingerprint density at radius 3 is 2.38 bits per heavy atom. The van der Waals surface area contributed by atoms with Crippen LogP contribution in [0.3, 0.4) is 0 Å². The van der Waals surface area contributed by atoms with Gasteiger partial charge in [0.25, 0.3) is 5.91 Å². The van der Waals surface area contributed by atoms with Gasteiger partial charge in [0, 0.05) is 15.7 Å². The molecule has 7 heteroatoms. The molecule has 162 valence electrons. The number of hydrogen-bond donors (Lipinski definition) is 1. The summed E-state index contributed by atoms with van der Waals surface area (Å²) in [6.45, 7) is 1.88. The predicted molar refractivity (Wildman–Crippen MR) is 125 cm³/mol. The van der Waals surface area contributed by atoms with Crippen molar-refractivity contribution in [3.63, 3.8) is 0 Å². The minimum Gasteiger partial charge on any atom is -0.322 e. The van der Waals surface area contributed by atoms with Crippen molar-refractivity contribution in [1.29, 1.82) is 0 Å². The van der Waals surface area contributed by atoms with E-state index in [0.29, 0.717) is 33.8 Å². The van der Waals surface area contributed by atoms with Gasteiger partial charge >= 0.3 is 0 Å². The first kappa shape index (κ1) is 20.2. The summed E-state index contributed by atoms with van der Waals surface area (Å²) in [6, 6.07) is 10.3. The maximum atomic E-state index is 13.3. The van der Waals surface area contributed by atoms with E-state index in [4.69, 9.17) is 11.6 Å². The van der Waals surface area contributed by atoms with Crippen molar-refractivity contribution in [1.82, 2.24) is 0 Å². The average molecular weight is 512 g/mol. The Balaban J connectivity index is 1.28. The predicted octanol–water partition coefficient (Wildman–Crippen LogP) is 5.22. The third-order valence-corrected chi connectivity index (χ3v) is 8.74. The standard InChI is InChI=1S/C25H20BrClN2O3/c1-11-7-18(26)19(27)10-20(11)28-23(30)12-3-2-4-13(8-12)29-24(31)21-14-5-6-15(17-9-16(14)17)22(21)25(29)32/h2-8,10,14-17,21-22H,9H2,1H3,(H,28,30)/t14-,15-,16-,17-,21+,22+/m0/s1. The number of amides is 3. The number of imide groups is 1. The van der Waals surface area contributed by atoms with Crippen molar-refractivity contribution in [3.05, 3.63) is 69.2 Å². The van der Waals surface area contributed by atoms with E-state index in [9.17, 15) is 14.4 Å². The molecular formula is C25H20BrClN2O3. The lowest BCUT2D eigenvalue weighted by Gasteiger charge is -2.37. The summed E-state index contributed by atoms with van der Waals surface area (Å²) in [4.78, 5) is 40.9. The molecule has 5 nitrogen and oxygen atoms in total. The van der Waals surface area contributed by atoms with Gasteiger partial charge in [0.05, 0.1) is 22.5 Å². The zero-order chi connectivity index (χ0) is 22.3. The van der Waals surface area contributed by atoms with Crippen LogP contribution in [0.4, 0.5) is 11.4 Å². The minimum atomic E-state index is -0.326. The smallest absolute Gasteiger partial charge is 0.255 e. The molecule has 0 aromatic heterocycles. The van der Waals surface area contributed by atoms with Crippen molar-refractivity contribution in [2.75, 3.05) is 10.2 Å². The minimum absolute atomic E-state index is 0.127. The first-order valence-electron chi connectivity index (χ1n) is 10.8. The van der Waals surface area contributed by atoms with Crippen LogP contribution in [0.2, 0.25) is 5.02 Å². The quantitative estimate of drug-likeness (QED) is 0.454. The highest BCUT2D eigenvalue weighted by molar-refractivity contribution is 9.10. The number of aryl methyl sites for hydroxylation is 1. The van der Waals surface area contributed by atoms with Crippen LogP contribution >= 0.6 is 27.5 Å². The normalized spacial score (nSPS) is 31.5. The van der Waals surface area contributed by atoms with E-state index in [2.05, 4.69) is 33.4 Å². The molecule has 3 amide bonds. The van der Waals surface area contributed by atoms with Gasteiger partial charge in [0.1, 0.15) is 0 Å². The second-order valence-corrected chi connectivity index (χ2v) is 10.5. The number of carbonyl (C=O) groups is 3. The fourth-order valence-corrected chi connectivity index (χ4v) is 6.59. The molecule has 2 aromatic rings. The highest BCUT2D eigenvalue weighted by Gasteiger charge is 2.67. The van der Waals surface area contributed by atoms with E-state index in [0.717, 1.165) is 16.5 Å². The lowest BCUT2D eigenvalue weighted by Crippen LogP contribution is -2.40. The lowest BCUT2D eigenvalue weighted by atomic mass is 9.63. The summed E-state index contributed by atoms with van der Waals surface area (Å²) in [6.07, 6.45) is 5.44. The van der Waals surface area contributed by atoms with Crippen LogP contribution in [0.1, 0.15) is 22.3 Å². The van der Waals surface area contributed by atoms with Crippen LogP contribution in [0.25, 0.3) is 0 Å². The first-order chi connectivity index (χ1) is 15.3. The van der Waals surface area contributed by atoms with Crippen molar-refractivity contribution >= 4 is 56.6 Å². The molecule has 4 aliphatic carbocycles. The first-order valence-corrected chi connectivity index (χ1v) is 12.0. The topological polar surface area (TPSA) is 66.5 Å². The van der Waals surface area contributed by atoms with Gasteiger partial charge in [-0.3, -0.25) is 14.4 Å². The van der Waals surface area contributed by atoms with Gasteiger partial charge in [-0.15, -0.1) is 0 Å². The molecule has 5 aliphatic rings. The van der Waals surface area contributed by atoms with Crippen LogP contribution in [0.5, 0.6) is 0 Å². The molecule has 2 bridgehead atoms. The third-order valence-electron chi connectivity index (χ3n) is 7.54. The molecule has 3 fully saturated rings. The van der Waals surface area contributed by atoms with Crippen LogP contribution < -0.4 is 10.2 Å². The second-order valence-electron chi connectivity index (χ2n) is 9.25. The third kappa shape index (κ3) is 2.85. The summed E-state index contributed by atoms with van der Waals surface area (Å²) in [5, 5.41) is 3.37. The van der Waals surface area contributed by atoms with Crippen LogP contribution in [-0.4, -0.2) is 17.7 Å². The molecule has 2 saturated carbocycles.